The van der Waals surface area contributed by atoms with Crippen molar-refractivity contribution in [3.05, 3.63) is 23.8 Å². The van der Waals surface area contributed by atoms with Crippen molar-refractivity contribution in [3.8, 4) is 11.5 Å². The number of para-hydroxylation sites is 1. The molecule has 0 atom stereocenters. The summed E-state index contributed by atoms with van der Waals surface area (Å²) in [6, 6.07) is 5.06. The standard InChI is InChI=1S/C13H18F3NO2/c1-3-17-8-10-6-5-7-11(18-4-2)12(10)19-9-13(14,15)16/h5-7,17H,3-4,8-9H2,1-2H3. The van der Waals surface area contributed by atoms with Crippen LogP contribution in [0.1, 0.15) is 19.4 Å². The van der Waals surface area contributed by atoms with E-state index in [0.29, 0.717) is 24.5 Å². The van der Waals surface area contributed by atoms with Crippen molar-refractivity contribution in [2.24, 2.45) is 0 Å². The molecule has 0 amide bonds. The molecule has 0 saturated carbocycles. The molecule has 0 fully saturated rings. The van der Waals surface area contributed by atoms with E-state index in [9.17, 15) is 13.2 Å². The number of nitrogens with one attached hydrogen (secondary N) is 1. The van der Waals surface area contributed by atoms with Crippen LogP contribution in [0.5, 0.6) is 11.5 Å². The second kappa shape index (κ2) is 7.23. The fraction of sp³-hybridized carbons (Fsp3) is 0.538. The molecular formula is C13H18F3NO2. The summed E-state index contributed by atoms with van der Waals surface area (Å²) in [6.07, 6.45) is -4.37. The highest BCUT2D eigenvalue weighted by molar-refractivity contribution is 5.46. The van der Waals surface area contributed by atoms with Gasteiger partial charge in [0, 0.05) is 12.1 Å². The van der Waals surface area contributed by atoms with Gasteiger partial charge < -0.3 is 14.8 Å². The van der Waals surface area contributed by atoms with E-state index in [0.717, 1.165) is 6.54 Å². The van der Waals surface area contributed by atoms with Crippen LogP contribution in [0.3, 0.4) is 0 Å². The molecule has 0 aliphatic heterocycles. The number of halogens is 3. The summed E-state index contributed by atoms with van der Waals surface area (Å²) in [4.78, 5) is 0. The van der Waals surface area contributed by atoms with E-state index in [1.165, 1.54) is 0 Å². The van der Waals surface area contributed by atoms with E-state index < -0.39 is 12.8 Å². The van der Waals surface area contributed by atoms with Crippen molar-refractivity contribution in [2.75, 3.05) is 19.8 Å². The third kappa shape index (κ3) is 5.38. The maximum atomic E-state index is 12.3. The van der Waals surface area contributed by atoms with Crippen LogP contribution in [0.25, 0.3) is 0 Å². The summed E-state index contributed by atoms with van der Waals surface area (Å²) in [5.41, 5.74) is 0.650. The maximum absolute atomic E-state index is 12.3. The van der Waals surface area contributed by atoms with E-state index in [-0.39, 0.29) is 5.75 Å². The molecule has 0 aliphatic carbocycles. The van der Waals surface area contributed by atoms with Crippen molar-refractivity contribution in [1.29, 1.82) is 0 Å². The Morgan fingerprint density at radius 1 is 1.16 bits per heavy atom. The predicted molar refractivity (Wildman–Crippen MR) is 66.5 cm³/mol. The number of rotatable bonds is 7. The van der Waals surface area contributed by atoms with Crippen LogP contribution in [0.4, 0.5) is 13.2 Å². The second-order valence-electron chi connectivity index (χ2n) is 3.86. The van der Waals surface area contributed by atoms with Gasteiger partial charge in [-0.15, -0.1) is 0 Å². The van der Waals surface area contributed by atoms with Crippen molar-refractivity contribution in [3.63, 3.8) is 0 Å². The minimum Gasteiger partial charge on any atom is -0.490 e. The number of hydrogen-bond donors (Lipinski definition) is 1. The van der Waals surface area contributed by atoms with Crippen LogP contribution < -0.4 is 14.8 Å². The molecule has 0 aliphatic rings. The van der Waals surface area contributed by atoms with Gasteiger partial charge >= 0.3 is 6.18 Å². The van der Waals surface area contributed by atoms with Gasteiger partial charge in [0.05, 0.1) is 6.61 Å². The first kappa shape index (κ1) is 15.6. The Morgan fingerprint density at radius 2 is 1.89 bits per heavy atom. The normalized spacial score (nSPS) is 11.4. The molecule has 0 aromatic heterocycles. The second-order valence-corrected chi connectivity index (χ2v) is 3.86. The third-order valence-electron chi connectivity index (χ3n) is 2.31. The van der Waals surface area contributed by atoms with Crippen LogP contribution in [0.15, 0.2) is 18.2 Å². The molecule has 0 saturated heterocycles. The molecule has 0 spiro atoms. The van der Waals surface area contributed by atoms with Crippen LogP contribution in [-0.2, 0) is 6.54 Å². The Kier molecular flexibility index (Phi) is 5.95. The molecular weight excluding hydrogens is 259 g/mol. The Balaban J connectivity index is 2.92. The summed E-state index contributed by atoms with van der Waals surface area (Å²) in [6.45, 7) is 3.89. The van der Waals surface area contributed by atoms with Crippen LogP contribution in [0.2, 0.25) is 0 Å². The SMILES string of the molecule is CCNCc1cccc(OCC)c1OCC(F)(F)F. The Hall–Kier alpha value is -1.43. The first-order chi connectivity index (χ1) is 8.98. The van der Waals surface area contributed by atoms with E-state index in [2.05, 4.69) is 5.32 Å². The summed E-state index contributed by atoms with van der Waals surface area (Å²) < 4.78 is 47.0. The quantitative estimate of drug-likeness (QED) is 0.830. The van der Waals surface area contributed by atoms with Crippen LogP contribution >= 0.6 is 0 Å². The number of alkyl halides is 3. The van der Waals surface area contributed by atoms with Gasteiger partial charge in [0.1, 0.15) is 0 Å². The topological polar surface area (TPSA) is 30.5 Å². The molecule has 3 nitrogen and oxygen atoms in total. The van der Waals surface area contributed by atoms with Gasteiger partial charge in [-0.2, -0.15) is 13.2 Å². The molecule has 0 heterocycles. The van der Waals surface area contributed by atoms with Gasteiger partial charge in [-0.1, -0.05) is 19.1 Å². The summed E-state index contributed by atoms with van der Waals surface area (Å²) >= 11 is 0. The third-order valence-corrected chi connectivity index (χ3v) is 2.31. The smallest absolute Gasteiger partial charge is 0.422 e. The average Bonchev–Trinajstić information content (AvgIpc) is 2.34. The number of hydrogen-bond acceptors (Lipinski definition) is 3. The largest absolute Gasteiger partial charge is 0.490 e. The first-order valence-corrected chi connectivity index (χ1v) is 6.12. The lowest BCUT2D eigenvalue weighted by molar-refractivity contribution is -0.153. The van der Waals surface area contributed by atoms with E-state index in [4.69, 9.17) is 9.47 Å². The molecule has 6 heteroatoms. The zero-order chi connectivity index (χ0) is 14.3. The highest BCUT2D eigenvalue weighted by Gasteiger charge is 2.29. The zero-order valence-electron chi connectivity index (χ0n) is 11.0. The minimum absolute atomic E-state index is 0.155. The summed E-state index contributed by atoms with van der Waals surface area (Å²) in [5, 5.41) is 3.05. The molecule has 19 heavy (non-hydrogen) atoms. The highest BCUT2D eigenvalue weighted by atomic mass is 19.4. The molecule has 1 N–H and O–H groups in total. The predicted octanol–water partition coefficient (Wildman–Crippen LogP) is 3.14. The van der Waals surface area contributed by atoms with Gasteiger partial charge in [-0.05, 0) is 19.5 Å². The number of benzene rings is 1. The van der Waals surface area contributed by atoms with Crippen molar-refractivity contribution in [1.82, 2.24) is 5.32 Å². The van der Waals surface area contributed by atoms with Crippen LogP contribution in [0, 0.1) is 0 Å². The van der Waals surface area contributed by atoms with Gasteiger partial charge in [-0.25, -0.2) is 0 Å². The maximum Gasteiger partial charge on any atom is 0.422 e. The monoisotopic (exact) mass is 277 g/mol. The van der Waals surface area contributed by atoms with Crippen molar-refractivity contribution in [2.45, 2.75) is 26.6 Å². The molecule has 108 valence electrons. The van der Waals surface area contributed by atoms with Gasteiger partial charge in [-0.3, -0.25) is 0 Å². The molecule has 1 aromatic carbocycles. The fourth-order valence-corrected chi connectivity index (χ4v) is 1.55. The number of ether oxygens (including phenoxy) is 2. The lowest BCUT2D eigenvalue weighted by atomic mass is 10.2. The molecule has 0 radical (unpaired) electrons. The Bertz CT molecular complexity index is 394. The van der Waals surface area contributed by atoms with E-state index >= 15 is 0 Å². The highest BCUT2D eigenvalue weighted by Crippen LogP contribution is 2.32. The average molecular weight is 277 g/mol. The Morgan fingerprint density at radius 3 is 2.47 bits per heavy atom. The Labute approximate surface area is 110 Å². The molecule has 1 rings (SSSR count). The first-order valence-electron chi connectivity index (χ1n) is 6.12. The van der Waals surface area contributed by atoms with Gasteiger partial charge in [0.2, 0.25) is 0 Å². The minimum atomic E-state index is -4.37. The lowest BCUT2D eigenvalue weighted by Gasteiger charge is -2.17. The van der Waals surface area contributed by atoms with Gasteiger partial charge in [0.15, 0.2) is 18.1 Å². The fourth-order valence-electron chi connectivity index (χ4n) is 1.55. The zero-order valence-corrected chi connectivity index (χ0v) is 11.0. The summed E-state index contributed by atoms with van der Waals surface area (Å²) in [5.74, 6) is 0.491. The summed E-state index contributed by atoms with van der Waals surface area (Å²) in [7, 11) is 0. The van der Waals surface area contributed by atoms with Crippen molar-refractivity contribution >= 4 is 0 Å². The molecule has 1 aromatic rings. The molecule has 0 unspecified atom stereocenters. The van der Waals surface area contributed by atoms with Crippen molar-refractivity contribution < 1.29 is 22.6 Å². The van der Waals surface area contributed by atoms with E-state index in [1.807, 2.05) is 6.92 Å². The van der Waals surface area contributed by atoms with Gasteiger partial charge in [0.25, 0.3) is 0 Å². The lowest BCUT2D eigenvalue weighted by Crippen LogP contribution is -2.21. The van der Waals surface area contributed by atoms with E-state index in [1.54, 1.807) is 25.1 Å². The molecule has 0 bridgehead atoms. The van der Waals surface area contributed by atoms with Crippen LogP contribution in [-0.4, -0.2) is 25.9 Å².